The number of carbonyl (C=O) groups excluding carboxylic acids is 2. The second-order valence-corrected chi connectivity index (χ2v) is 6.86. The molecule has 1 aromatic heterocycles. The van der Waals surface area contributed by atoms with Gasteiger partial charge in [0.1, 0.15) is 0 Å². The van der Waals surface area contributed by atoms with Gasteiger partial charge < -0.3 is 10.2 Å². The van der Waals surface area contributed by atoms with Crippen LogP contribution in [0.1, 0.15) is 12.0 Å². The van der Waals surface area contributed by atoms with E-state index >= 15 is 0 Å². The third kappa shape index (κ3) is 3.91. The molecule has 4 rings (SSSR count). The van der Waals surface area contributed by atoms with Crippen molar-refractivity contribution in [1.29, 1.82) is 0 Å². The Kier molecular flexibility index (Phi) is 4.70. The SMILES string of the molecule is O=C(Nc1cnc2ccccc2c1)C1CC(=O)N(c2cccc(C(F)(F)F)c2)C1. The van der Waals surface area contributed by atoms with E-state index < -0.39 is 17.7 Å². The first kappa shape index (κ1) is 18.9. The van der Waals surface area contributed by atoms with Crippen LogP contribution in [0.3, 0.4) is 0 Å². The molecule has 1 fully saturated rings. The number of amides is 2. The Labute approximate surface area is 164 Å². The first-order chi connectivity index (χ1) is 13.8. The van der Waals surface area contributed by atoms with Gasteiger partial charge in [-0.25, -0.2) is 0 Å². The summed E-state index contributed by atoms with van der Waals surface area (Å²) < 4.78 is 38.8. The average Bonchev–Trinajstić information content (AvgIpc) is 3.09. The van der Waals surface area contributed by atoms with E-state index in [1.807, 2.05) is 24.3 Å². The van der Waals surface area contributed by atoms with Crippen LogP contribution in [-0.2, 0) is 15.8 Å². The molecule has 5 nitrogen and oxygen atoms in total. The van der Waals surface area contributed by atoms with Gasteiger partial charge in [-0.15, -0.1) is 0 Å². The number of carbonyl (C=O) groups is 2. The molecule has 0 saturated carbocycles. The second-order valence-electron chi connectivity index (χ2n) is 6.86. The van der Waals surface area contributed by atoms with Gasteiger partial charge in [0, 0.05) is 24.0 Å². The highest BCUT2D eigenvalue weighted by Gasteiger charge is 2.37. The Morgan fingerprint density at radius 1 is 1.10 bits per heavy atom. The van der Waals surface area contributed by atoms with E-state index in [1.165, 1.54) is 23.2 Å². The molecule has 2 amide bonds. The molecule has 1 aliphatic heterocycles. The monoisotopic (exact) mass is 399 g/mol. The second kappa shape index (κ2) is 7.20. The summed E-state index contributed by atoms with van der Waals surface area (Å²) in [5.41, 5.74) is 0.585. The maximum atomic E-state index is 12.9. The fourth-order valence-corrected chi connectivity index (χ4v) is 3.37. The number of hydrogen-bond donors (Lipinski definition) is 1. The minimum Gasteiger partial charge on any atom is -0.324 e. The maximum Gasteiger partial charge on any atom is 0.416 e. The van der Waals surface area contributed by atoms with Crippen molar-refractivity contribution in [2.24, 2.45) is 5.92 Å². The molecular weight excluding hydrogens is 383 g/mol. The predicted molar refractivity (Wildman–Crippen MR) is 102 cm³/mol. The van der Waals surface area contributed by atoms with Crippen LogP contribution in [0.2, 0.25) is 0 Å². The molecule has 0 radical (unpaired) electrons. The molecule has 1 aliphatic rings. The Morgan fingerprint density at radius 2 is 1.90 bits per heavy atom. The zero-order chi connectivity index (χ0) is 20.6. The molecule has 148 valence electrons. The van der Waals surface area contributed by atoms with Crippen molar-refractivity contribution in [2.75, 3.05) is 16.8 Å². The van der Waals surface area contributed by atoms with E-state index in [4.69, 9.17) is 0 Å². The Bertz CT molecular complexity index is 1100. The number of rotatable bonds is 3. The number of pyridine rings is 1. The Balaban J connectivity index is 1.49. The molecule has 2 aromatic carbocycles. The van der Waals surface area contributed by atoms with Crippen molar-refractivity contribution < 1.29 is 22.8 Å². The molecule has 8 heteroatoms. The molecular formula is C21H16F3N3O2. The minimum atomic E-state index is -4.50. The summed E-state index contributed by atoms with van der Waals surface area (Å²) in [6.07, 6.45) is -3.04. The third-order valence-corrected chi connectivity index (χ3v) is 4.84. The van der Waals surface area contributed by atoms with Gasteiger partial charge in [0.2, 0.25) is 11.8 Å². The molecule has 1 N–H and O–H groups in total. The summed E-state index contributed by atoms with van der Waals surface area (Å²) in [6.45, 7) is 0.0208. The van der Waals surface area contributed by atoms with Crippen LogP contribution in [-0.4, -0.2) is 23.3 Å². The van der Waals surface area contributed by atoms with Crippen LogP contribution in [0.15, 0.2) is 60.8 Å². The van der Waals surface area contributed by atoms with Crippen LogP contribution >= 0.6 is 0 Å². The number of hydrogen-bond acceptors (Lipinski definition) is 3. The molecule has 29 heavy (non-hydrogen) atoms. The van der Waals surface area contributed by atoms with Gasteiger partial charge in [-0.3, -0.25) is 14.6 Å². The van der Waals surface area contributed by atoms with Crippen molar-refractivity contribution >= 4 is 34.1 Å². The van der Waals surface area contributed by atoms with Crippen molar-refractivity contribution in [3.05, 3.63) is 66.4 Å². The highest BCUT2D eigenvalue weighted by atomic mass is 19.4. The lowest BCUT2D eigenvalue weighted by Crippen LogP contribution is -2.28. The van der Waals surface area contributed by atoms with Gasteiger partial charge in [-0.05, 0) is 30.3 Å². The standard InChI is InChI=1S/C21H16F3N3O2/c22-21(23,24)15-5-3-6-17(10-15)27-12-14(9-19(27)28)20(29)26-16-8-13-4-1-2-7-18(13)25-11-16/h1-8,10-11,14H,9,12H2,(H,26,29). The van der Waals surface area contributed by atoms with E-state index in [0.29, 0.717) is 5.69 Å². The smallest absolute Gasteiger partial charge is 0.324 e. The largest absolute Gasteiger partial charge is 0.416 e. The lowest BCUT2D eigenvalue weighted by molar-refractivity contribution is -0.137. The van der Waals surface area contributed by atoms with Crippen molar-refractivity contribution in [3.63, 3.8) is 0 Å². The summed E-state index contributed by atoms with van der Waals surface area (Å²) in [7, 11) is 0. The number of benzene rings is 2. The first-order valence-corrected chi connectivity index (χ1v) is 8.94. The number of alkyl halides is 3. The van der Waals surface area contributed by atoms with E-state index in [-0.39, 0.29) is 30.5 Å². The van der Waals surface area contributed by atoms with E-state index in [1.54, 1.807) is 6.07 Å². The minimum absolute atomic E-state index is 0.0208. The van der Waals surface area contributed by atoms with Crippen LogP contribution in [0, 0.1) is 5.92 Å². The average molecular weight is 399 g/mol. The van der Waals surface area contributed by atoms with Gasteiger partial charge >= 0.3 is 6.18 Å². The number of nitrogens with zero attached hydrogens (tertiary/aromatic N) is 2. The van der Waals surface area contributed by atoms with Crippen LogP contribution in [0.4, 0.5) is 24.5 Å². The van der Waals surface area contributed by atoms with E-state index in [0.717, 1.165) is 23.0 Å². The first-order valence-electron chi connectivity index (χ1n) is 8.94. The zero-order valence-corrected chi connectivity index (χ0v) is 15.1. The number of para-hydroxylation sites is 1. The molecule has 0 spiro atoms. The summed E-state index contributed by atoms with van der Waals surface area (Å²) in [5, 5.41) is 3.60. The van der Waals surface area contributed by atoms with Gasteiger partial charge in [0.25, 0.3) is 0 Å². The van der Waals surface area contributed by atoms with Gasteiger partial charge in [-0.1, -0.05) is 24.3 Å². The number of nitrogens with one attached hydrogen (secondary N) is 1. The molecule has 1 saturated heterocycles. The zero-order valence-electron chi connectivity index (χ0n) is 15.1. The fourth-order valence-electron chi connectivity index (χ4n) is 3.37. The normalized spacial score (nSPS) is 17.0. The van der Waals surface area contributed by atoms with Crippen LogP contribution < -0.4 is 10.2 Å². The molecule has 3 aromatic rings. The van der Waals surface area contributed by atoms with Gasteiger partial charge in [0.05, 0.1) is 28.9 Å². The summed E-state index contributed by atoms with van der Waals surface area (Å²) in [4.78, 5) is 30.4. The Morgan fingerprint density at radius 3 is 2.69 bits per heavy atom. The fraction of sp³-hybridized carbons (Fsp3) is 0.190. The lowest BCUT2D eigenvalue weighted by Gasteiger charge is -2.18. The number of halogens is 3. The summed E-state index contributed by atoms with van der Waals surface area (Å²) in [5.74, 6) is -1.42. The van der Waals surface area contributed by atoms with Crippen LogP contribution in [0.25, 0.3) is 10.9 Å². The summed E-state index contributed by atoms with van der Waals surface area (Å²) >= 11 is 0. The Hall–Kier alpha value is -3.42. The predicted octanol–water partition coefficient (Wildman–Crippen LogP) is 4.25. The topological polar surface area (TPSA) is 62.3 Å². The van der Waals surface area contributed by atoms with Gasteiger partial charge in [-0.2, -0.15) is 13.2 Å². The highest BCUT2D eigenvalue weighted by molar-refractivity contribution is 6.04. The van der Waals surface area contributed by atoms with Gasteiger partial charge in [0.15, 0.2) is 0 Å². The molecule has 2 heterocycles. The third-order valence-electron chi connectivity index (χ3n) is 4.84. The van der Waals surface area contributed by atoms with E-state index in [2.05, 4.69) is 10.3 Å². The number of fused-ring (bicyclic) bond motifs is 1. The number of anilines is 2. The van der Waals surface area contributed by atoms with Crippen molar-refractivity contribution in [2.45, 2.75) is 12.6 Å². The van der Waals surface area contributed by atoms with E-state index in [9.17, 15) is 22.8 Å². The number of aromatic nitrogens is 1. The van der Waals surface area contributed by atoms with Crippen LogP contribution in [0.5, 0.6) is 0 Å². The molecule has 0 bridgehead atoms. The molecule has 0 aliphatic carbocycles. The quantitative estimate of drug-likeness (QED) is 0.717. The summed E-state index contributed by atoms with van der Waals surface area (Å²) in [6, 6.07) is 13.8. The lowest BCUT2D eigenvalue weighted by atomic mass is 10.1. The van der Waals surface area contributed by atoms with Crippen molar-refractivity contribution in [3.8, 4) is 0 Å². The van der Waals surface area contributed by atoms with Crippen molar-refractivity contribution in [1.82, 2.24) is 4.98 Å². The molecule has 1 unspecified atom stereocenters. The maximum absolute atomic E-state index is 12.9. The molecule has 1 atom stereocenters. The highest BCUT2D eigenvalue weighted by Crippen LogP contribution is 2.33.